The fourth-order valence-electron chi connectivity index (χ4n) is 2.09. The van der Waals surface area contributed by atoms with Crippen LogP contribution in [0.4, 0.5) is 10.1 Å². The van der Waals surface area contributed by atoms with Gasteiger partial charge >= 0.3 is 0 Å². The summed E-state index contributed by atoms with van der Waals surface area (Å²) in [6.07, 6.45) is 0.355. The van der Waals surface area contributed by atoms with E-state index in [1.807, 2.05) is 14.1 Å². The second kappa shape index (κ2) is 7.46. The Hall–Kier alpha value is -1.13. The van der Waals surface area contributed by atoms with Crippen molar-refractivity contribution in [2.75, 3.05) is 38.6 Å². The van der Waals surface area contributed by atoms with Gasteiger partial charge in [0.15, 0.2) is 0 Å². The van der Waals surface area contributed by atoms with Gasteiger partial charge < -0.3 is 14.9 Å². The van der Waals surface area contributed by atoms with Crippen LogP contribution in [-0.4, -0.2) is 43.7 Å². The number of likely N-dealkylation sites (N-methyl/N-ethyl adjacent to an activating group) is 1. The fourth-order valence-corrected chi connectivity index (χ4v) is 2.09. The fraction of sp³-hybridized carbons (Fsp3) is 0.600. The summed E-state index contributed by atoms with van der Waals surface area (Å²) >= 11 is 0. The minimum absolute atomic E-state index is 0.302. The van der Waals surface area contributed by atoms with Gasteiger partial charge in [-0.1, -0.05) is 6.92 Å². The van der Waals surface area contributed by atoms with Crippen molar-refractivity contribution in [1.82, 2.24) is 4.90 Å². The predicted octanol–water partition coefficient (Wildman–Crippen LogP) is 2.66. The van der Waals surface area contributed by atoms with Gasteiger partial charge in [0.2, 0.25) is 0 Å². The molecule has 0 aromatic heterocycles. The number of rotatable bonds is 7. The number of aliphatic hydroxyl groups is 1. The Bertz CT molecular complexity index is 394. The molecule has 0 aliphatic rings. The highest BCUT2D eigenvalue weighted by molar-refractivity contribution is 5.54. The zero-order chi connectivity index (χ0) is 14.4. The van der Waals surface area contributed by atoms with Gasteiger partial charge in [0.25, 0.3) is 0 Å². The highest BCUT2D eigenvalue weighted by Gasteiger charge is 2.15. The van der Waals surface area contributed by atoms with Crippen molar-refractivity contribution in [2.24, 2.45) is 0 Å². The minimum atomic E-state index is -0.663. The van der Waals surface area contributed by atoms with Crippen LogP contribution in [0, 0.1) is 5.82 Å². The lowest BCUT2D eigenvalue weighted by Crippen LogP contribution is -2.33. The average Bonchev–Trinajstić information content (AvgIpc) is 2.34. The van der Waals surface area contributed by atoms with E-state index in [9.17, 15) is 9.50 Å². The maximum Gasteiger partial charge on any atom is 0.123 e. The summed E-state index contributed by atoms with van der Waals surface area (Å²) in [5.41, 5.74) is 1.59. The van der Waals surface area contributed by atoms with Crippen LogP contribution in [0.5, 0.6) is 0 Å². The number of nitrogens with zero attached hydrogens (tertiary/aromatic N) is 2. The smallest absolute Gasteiger partial charge is 0.123 e. The summed E-state index contributed by atoms with van der Waals surface area (Å²) < 4.78 is 13.3. The summed E-state index contributed by atoms with van der Waals surface area (Å²) in [6.45, 7) is 6.49. The Morgan fingerprint density at radius 1 is 1.21 bits per heavy atom. The lowest BCUT2D eigenvalue weighted by molar-refractivity contribution is 0.199. The summed E-state index contributed by atoms with van der Waals surface area (Å²) in [5, 5.41) is 9.82. The highest BCUT2D eigenvalue weighted by atomic mass is 19.1. The van der Waals surface area contributed by atoms with E-state index < -0.39 is 6.10 Å². The lowest BCUT2D eigenvalue weighted by atomic mass is 10.1. The van der Waals surface area contributed by atoms with Gasteiger partial charge in [-0.3, -0.25) is 0 Å². The quantitative estimate of drug-likeness (QED) is 0.823. The van der Waals surface area contributed by atoms with Gasteiger partial charge in [0.1, 0.15) is 5.82 Å². The van der Waals surface area contributed by atoms with Crippen molar-refractivity contribution in [3.63, 3.8) is 0 Å². The first-order valence-electron chi connectivity index (χ1n) is 6.83. The molecule has 1 aromatic carbocycles. The third-order valence-electron chi connectivity index (χ3n) is 3.09. The highest BCUT2D eigenvalue weighted by Crippen LogP contribution is 2.27. The van der Waals surface area contributed by atoms with Gasteiger partial charge in [-0.2, -0.15) is 0 Å². The molecular weight excluding hydrogens is 243 g/mol. The van der Waals surface area contributed by atoms with Gasteiger partial charge in [-0.25, -0.2) is 4.39 Å². The first-order chi connectivity index (χ1) is 8.95. The Morgan fingerprint density at radius 3 is 2.42 bits per heavy atom. The van der Waals surface area contributed by atoms with Gasteiger partial charge in [0, 0.05) is 30.9 Å². The molecule has 4 heteroatoms. The molecule has 0 saturated heterocycles. The monoisotopic (exact) mass is 268 g/mol. The van der Waals surface area contributed by atoms with Crippen molar-refractivity contribution in [3.8, 4) is 0 Å². The third-order valence-corrected chi connectivity index (χ3v) is 3.09. The van der Waals surface area contributed by atoms with E-state index >= 15 is 0 Å². The topological polar surface area (TPSA) is 26.7 Å². The molecule has 0 aliphatic heterocycles. The zero-order valence-corrected chi connectivity index (χ0v) is 12.4. The first kappa shape index (κ1) is 15.9. The standard InChI is InChI=1S/C15H25FN2O/c1-5-8-18(10-9-17(3)4)15-7-6-13(16)11-14(15)12(2)19/h6-7,11-12,19H,5,8-10H2,1-4H3/t12-/m1/s1. The molecular formula is C15H25FN2O. The van der Waals surface area contributed by atoms with Crippen LogP contribution in [0.3, 0.4) is 0 Å². The molecule has 1 atom stereocenters. The zero-order valence-electron chi connectivity index (χ0n) is 12.4. The van der Waals surface area contributed by atoms with Crippen LogP contribution < -0.4 is 4.90 Å². The molecule has 0 amide bonds. The van der Waals surface area contributed by atoms with Crippen LogP contribution in [0.25, 0.3) is 0 Å². The van der Waals surface area contributed by atoms with E-state index in [0.717, 1.165) is 31.7 Å². The van der Waals surface area contributed by atoms with Crippen LogP contribution >= 0.6 is 0 Å². The molecule has 0 fully saturated rings. The summed E-state index contributed by atoms with van der Waals surface area (Å²) in [5.74, 6) is -0.302. The largest absolute Gasteiger partial charge is 0.389 e. The van der Waals surface area contributed by atoms with Crippen molar-refractivity contribution >= 4 is 5.69 Å². The summed E-state index contributed by atoms with van der Waals surface area (Å²) in [6, 6.07) is 4.65. The van der Waals surface area contributed by atoms with Crippen molar-refractivity contribution < 1.29 is 9.50 Å². The predicted molar refractivity (Wildman–Crippen MR) is 78.1 cm³/mol. The average molecular weight is 268 g/mol. The van der Waals surface area contributed by atoms with Crippen molar-refractivity contribution in [2.45, 2.75) is 26.4 Å². The maximum absolute atomic E-state index is 13.3. The second-order valence-electron chi connectivity index (χ2n) is 5.17. The van der Waals surface area contributed by atoms with E-state index in [0.29, 0.717) is 5.56 Å². The molecule has 3 nitrogen and oxygen atoms in total. The van der Waals surface area contributed by atoms with Crippen LogP contribution in [0.1, 0.15) is 31.9 Å². The molecule has 0 spiro atoms. The van der Waals surface area contributed by atoms with Crippen LogP contribution in [0.15, 0.2) is 18.2 Å². The van der Waals surface area contributed by atoms with Crippen LogP contribution in [0.2, 0.25) is 0 Å². The number of anilines is 1. The van der Waals surface area contributed by atoms with E-state index in [1.165, 1.54) is 12.1 Å². The Morgan fingerprint density at radius 2 is 1.89 bits per heavy atom. The molecule has 1 aromatic rings. The Labute approximate surface area is 115 Å². The number of benzene rings is 1. The summed E-state index contributed by atoms with van der Waals surface area (Å²) in [7, 11) is 4.06. The molecule has 0 radical (unpaired) electrons. The van der Waals surface area contributed by atoms with E-state index in [4.69, 9.17) is 0 Å². The number of aliphatic hydroxyl groups excluding tert-OH is 1. The lowest BCUT2D eigenvalue weighted by Gasteiger charge is -2.29. The van der Waals surface area contributed by atoms with Gasteiger partial charge in [0.05, 0.1) is 6.10 Å². The minimum Gasteiger partial charge on any atom is -0.389 e. The van der Waals surface area contributed by atoms with Crippen molar-refractivity contribution in [1.29, 1.82) is 0 Å². The normalized spacial score (nSPS) is 12.8. The second-order valence-corrected chi connectivity index (χ2v) is 5.17. The third kappa shape index (κ3) is 4.80. The molecule has 0 bridgehead atoms. The maximum atomic E-state index is 13.3. The SMILES string of the molecule is CCCN(CCN(C)C)c1ccc(F)cc1[C@@H](C)O. The van der Waals surface area contributed by atoms with Crippen LogP contribution in [-0.2, 0) is 0 Å². The number of hydrogen-bond acceptors (Lipinski definition) is 3. The van der Waals surface area contributed by atoms with E-state index in [1.54, 1.807) is 13.0 Å². The molecule has 19 heavy (non-hydrogen) atoms. The molecule has 1 N–H and O–H groups in total. The summed E-state index contributed by atoms with van der Waals surface area (Å²) in [4.78, 5) is 4.33. The first-order valence-corrected chi connectivity index (χ1v) is 6.83. The van der Waals surface area contributed by atoms with Crippen molar-refractivity contribution in [3.05, 3.63) is 29.6 Å². The van der Waals surface area contributed by atoms with E-state index in [2.05, 4.69) is 16.7 Å². The van der Waals surface area contributed by atoms with Gasteiger partial charge in [-0.05, 0) is 45.6 Å². The molecule has 1 rings (SSSR count). The van der Waals surface area contributed by atoms with Gasteiger partial charge in [-0.15, -0.1) is 0 Å². The molecule has 108 valence electrons. The Kier molecular flexibility index (Phi) is 6.25. The molecule has 0 heterocycles. The Balaban J connectivity index is 3.00. The molecule has 0 unspecified atom stereocenters. The van der Waals surface area contributed by atoms with E-state index in [-0.39, 0.29) is 5.82 Å². The number of hydrogen-bond donors (Lipinski definition) is 1. The molecule has 0 saturated carbocycles. The number of halogens is 1. The molecule has 0 aliphatic carbocycles.